The van der Waals surface area contributed by atoms with Gasteiger partial charge in [-0.2, -0.15) is 0 Å². The highest BCUT2D eigenvalue weighted by atomic mass is 16.5. The Labute approximate surface area is 133 Å². The van der Waals surface area contributed by atoms with E-state index in [-0.39, 0.29) is 18.2 Å². The van der Waals surface area contributed by atoms with Crippen molar-refractivity contribution in [3.8, 4) is 5.75 Å². The van der Waals surface area contributed by atoms with Gasteiger partial charge in [0.05, 0.1) is 17.8 Å². The van der Waals surface area contributed by atoms with Crippen molar-refractivity contribution in [3.63, 3.8) is 0 Å². The van der Waals surface area contributed by atoms with Crippen molar-refractivity contribution < 1.29 is 18.8 Å². The maximum Gasteiger partial charge on any atom is 0.265 e. The summed E-state index contributed by atoms with van der Waals surface area (Å²) in [4.78, 5) is 23.8. The Kier molecular flexibility index (Phi) is 3.77. The van der Waals surface area contributed by atoms with Crippen LogP contribution in [0.4, 0.5) is 11.4 Å². The first kappa shape index (κ1) is 15.1. The van der Waals surface area contributed by atoms with Gasteiger partial charge in [0, 0.05) is 11.3 Å². The van der Waals surface area contributed by atoms with Crippen LogP contribution in [0.2, 0.25) is 0 Å². The summed E-state index contributed by atoms with van der Waals surface area (Å²) in [7, 11) is 0. The molecule has 1 aromatic heterocycles. The summed E-state index contributed by atoms with van der Waals surface area (Å²) in [5.41, 5.74) is 2.62. The van der Waals surface area contributed by atoms with Crippen molar-refractivity contribution in [2.24, 2.45) is 0 Å². The van der Waals surface area contributed by atoms with Gasteiger partial charge in [0.2, 0.25) is 5.91 Å². The first-order valence-electron chi connectivity index (χ1n) is 7.27. The molecule has 7 nitrogen and oxygen atoms in total. The monoisotopic (exact) mass is 315 g/mol. The zero-order valence-corrected chi connectivity index (χ0v) is 13.1. The number of nitrogens with one attached hydrogen (secondary N) is 2. The van der Waals surface area contributed by atoms with E-state index in [4.69, 9.17) is 9.26 Å². The Hall–Kier alpha value is -2.83. The van der Waals surface area contributed by atoms with Crippen LogP contribution in [0.25, 0.3) is 0 Å². The molecule has 0 spiro atoms. The molecule has 3 rings (SSSR count). The van der Waals surface area contributed by atoms with E-state index >= 15 is 0 Å². The molecule has 1 aromatic carbocycles. The number of benzene rings is 1. The minimum Gasteiger partial charge on any atom is -0.479 e. The number of nitrogens with zero attached hydrogens (tertiary/aromatic N) is 1. The molecule has 1 aliphatic rings. The second kappa shape index (κ2) is 5.75. The Morgan fingerprint density at radius 1 is 1.39 bits per heavy atom. The van der Waals surface area contributed by atoms with Gasteiger partial charge in [0.25, 0.3) is 5.91 Å². The molecule has 0 saturated heterocycles. The molecule has 1 aliphatic heterocycles. The van der Waals surface area contributed by atoms with Crippen molar-refractivity contribution in [1.82, 2.24) is 5.16 Å². The SMILES string of the molecule is Cc1noc(C)c1CC(=O)Nc1ccc2c(c1)NC(=O)[C@H](C)O2. The van der Waals surface area contributed by atoms with Crippen LogP contribution in [0.15, 0.2) is 22.7 Å². The molecule has 1 atom stereocenters. The Morgan fingerprint density at radius 2 is 2.17 bits per heavy atom. The Balaban J connectivity index is 1.72. The summed E-state index contributed by atoms with van der Waals surface area (Å²) in [5, 5.41) is 9.37. The lowest BCUT2D eigenvalue weighted by molar-refractivity contribution is -0.122. The normalized spacial score (nSPS) is 16.3. The molecule has 0 saturated carbocycles. The molecule has 2 N–H and O–H groups in total. The van der Waals surface area contributed by atoms with Gasteiger partial charge in [-0.3, -0.25) is 9.59 Å². The lowest BCUT2D eigenvalue weighted by Crippen LogP contribution is -2.34. The van der Waals surface area contributed by atoms with Gasteiger partial charge in [0.15, 0.2) is 6.10 Å². The van der Waals surface area contributed by atoms with Crippen LogP contribution in [-0.2, 0) is 16.0 Å². The third-order valence-electron chi connectivity index (χ3n) is 3.71. The third kappa shape index (κ3) is 3.03. The number of hydrogen-bond donors (Lipinski definition) is 2. The summed E-state index contributed by atoms with van der Waals surface area (Å²) in [6.07, 6.45) is -0.347. The number of rotatable bonds is 3. The molecule has 0 aliphatic carbocycles. The fourth-order valence-corrected chi connectivity index (χ4v) is 2.41. The van der Waals surface area contributed by atoms with Crippen LogP contribution in [0.1, 0.15) is 23.9 Å². The predicted molar refractivity (Wildman–Crippen MR) is 83.5 cm³/mol. The van der Waals surface area contributed by atoms with E-state index in [0.717, 1.165) is 5.56 Å². The molecule has 23 heavy (non-hydrogen) atoms. The largest absolute Gasteiger partial charge is 0.479 e. The predicted octanol–water partition coefficient (Wildman–Crippen LogP) is 2.19. The highest BCUT2D eigenvalue weighted by molar-refractivity contribution is 5.99. The highest BCUT2D eigenvalue weighted by Gasteiger charge is 2.23. The summed E-state index contributed by atoms with van der Waals surface area (Å²) in [6, 6.07) is 5.12. The number of amides is 2. The van der Waals surface area contributed by atoms with Gasteiger partial charge in [0.1, 0.15) is 11.5 Å². The van der Waals surface area contributed by atoms with Crippen LogP contribution >= 0.6 is 0 Å². The Bertz CT molecular complexity index is 762. The average molecular weight is 315 g/mol. The summed E-state index contributed by atoms with van der Waals surface area (Å²) >= 11 is 0. The molecule has 0 unspecified atom stereocenters. The first-order chi connectivity index (χ1) is 10.9. The molecular weight excluding hydrogens is 298 g/mol. The zero-order valence-electron chi connectivity index (χ0n) is 13.1. The molecule has 120 valence electrons. The fourth-order valence-electron chi connectivity index (χ4n) is 2.41. The topological polar surface area (TPSA) is 93.5 Å². The standard InChI is InChI=1S/C16H17N3O4/c1-8-12(9(2)23-19-8)7-15(20)17-11-4-5-14-13(6-11)18-16(21)10(3)22-14/h4-6,10H,7H2,1-3H3,(H,17,20)(H,18,21)/t10-/m0/s1. The first-order valence-corrected chi connectivity index (χ1v) is 7.27. The molecule has 0 bridgehead atoms. The summed E-state index contributed by atoms with van der Waals surface area (Å²) in [6.45, 7) is 5.25. The lowest BCUT2D eigenvalue weighted by atomic mass is 10.1. The van der Waals surface area contributed by atoms with Gasteiger partial charge in [-0.15, -0.1) is 0 Å². The fraction of sp³-hybridized carbons (Fsp3) is 0.312. The number of aryl methyl sites for hydroxylation is 2. The zero-order chi connectivity index (χ0) is 16.6. The molecule has 0 radical (unpaired) electrons. The number of aromatic nitrogens is 1. The minimum atomic E-state index is -0.525. The van der Waals surface area contributed by atoms with E-state index in [0.29, 0.717) is 28.6 Å². The van der Waals surface area contributed by atoms with Crippen molar-refractivity contribution in [3.05, 3.63) is 35.2 Å². The van der Waals surface area contributed by atoms with Crippen molar-refractivity contribution >= 4 is 23.2 Å². The number of hydrogen-bond acceptors (Lipinski definition) is 5. The van der Waals surface area contributed by atoms with E-state index in [1.54, 1.807) is 39.0 Å². The third-order valence-corrected chi connectivity index (χ3v) is 3.71. The highest BCUT2D eigenvalue weighted by Crippen LogP contribution is 2.32. The van der Waals surface area contributed by atoms with E-state index in [2.05, 4.69) is 15.8 Å². The van der Waals surface area contributed by atoms with E-state index in [1.165, 1.54) is 0 Å². The number of ether oxygens (including phenoxy) is 1. The van der Waals surface area contributed by atoms with Gasteiger partial charge < -0.3 is 19.9 Å². The molecule has 2 aromatic rings. The van der Waals surface area contributed by atoms with Crippen molar-refractivity contribution in [2.45, 2.75) is 33.3 Å². The Morgan fingerprint density at radius 3 is 2.87 bits per heavy atom. The van der Waals surface area contributed by atoms with Crippen molar-refractivity contribution in [2.75, 3.05) is 10.6 Å². The van der Waals surface area contributed by atoms with Gasteiger partial charge in [-0.05, 0) is 39.0 Å². The van der Waals surface area contributed by atoms with E-state index < -0.39 is 6.10 Å². The maximum atomic E-state index is 12.2. The van der Waals surface area contributed by atoms with Gasteiger partial charge in [-0.1, -0.05) is 5.16 Å². The minimum absolute atomic E-state index is 0.179. The quantitative estimate of drug-likeness (QED) is 0.905. The molecular formula is C16H17N3O4. The number of anilines is 2. The van der Waals surface area contributed by atoms with Crippen LogP contribution in [-0.4, -0.2) is 23.1 Å². The summed E-state index contributed by atoms with van der Waals surface area (Å²) in [5.74, 6) is 0.825. The van der Waals surface area contributed by atoms with Gasteiger partial charge >= 0.3 is 0 Å². The number of carbonyl (C=O) groups excluding carboxylic acids is 2. The van der Waals surface area contributed by atoms with E-state index in [1.807, 2.05) is 0 Å². The molecule has 2 heterocycles. The van der Waals surface area contributed by atoms with E-state index in [9.17, 15) is 9.59 Å². The number of fused-ring (bicyclic) bond motifs is 1. The molecule has 0 fully saturated rings. The second-order valence-electron chi connectivity index (χ2n) is 5.49. The van der Waals surface area contributed by atoms with Crippen LogP contribution < -0.4 is 15.4 Å². The molecule has 2 amide bonds. The smallest absolute Gasteiger partial charge is 0.265 e. The maximum absolute atomic E-state index is 12.2. The van der Waals surface area contributed by atoms with Crippen LogP contribution in [0.3, 0.4) is 0 Å². The average Bonchev–Trinajstić information content (AvgIpc) is 2.80. The van der Waals surface area contributed by atoms with Gasteiger partial charge in [-0.25, -0.2) is 0 Å². The molecule has 7 heteroatoms. The van der Waals surface area contributed by atoms with Crippen molar-refractivity contribution in [1.29, 1.82) is 0 Å². The van der Waals surface area contributed by atoms with Crippen LogP contribution in [0.5, 0.6) is 5.75 Å². The lowest BCUT2D eigenvalue weighted by Gasteiger charge is -2.23. The second-order valence-corrected chi connectivity index (χ2v) is 5.49. The van der Waals surface area contributed by atoms with Crippen LogP contribution in [0, 0.1) is 13.8 Å². The summed E-state index contributed by atoms with van der Waals surface area (Å²) < 4.78 is 10.5. The number of carbonyl (C=O) groups is 2.